The molecule has 0 aliphatic carbocycles. The van der Waals surface area contributed by atoms with Gasteiger partial charge in [-0.3, -0.25) is 13.7 Å². The number of thiophene rings is 3. The smallest absolute Gasteiger partial charge is 0.339 e. The second-order valence-electron chi connectivity index (χ2n) is 23.6. The third-order valence-corrected chi connectivity index (χ3v) is 28.7. The van der Waals surface area contributed by atoms with Crippen LogP contribution in [0.4, 0.5) is 32.0 Å². The van der Waals surface area contributed by atoms with Gasteiger partial charge in [0.15, 0.2) is 34.9 Å². The first-order valence-corrected chi connectivity index (χ1v) is 49.2. The van der Waals surface area contributed by atoms with E-state index in [4.69, 9.17) is 23.8 Å². The van der Waals surface area contributed by atoms with E-state index in [0.29, 0.717) is 39.3 Å². The molecule has 0 saturated carbocycles. The fourth-order valence-electron chi connectivity index (χ4n) is 9.53. The summed E-state index contributed by atoms with van der Waals surface area (Å²) in [4.78, 5) is 21.7. The average Bonchev–Trinajstić information content (AvgIpc) is 1.55. The fourth-order valence-corrected chi connectivity index (χ4v) is 23.5. The summed E-state index contributed by atoms with van der Waals surface area (Å²) in [5.74, 6) is -5.71. The summed E-state index contributed by atoms with van der Waals surface area (Å²) in [6.45, 7) is 16.7. The first-order chi connectivity index (χ1) is 47.9. The minimum absolute atomic E-state index is 0. The number of hydrogen-bond acceptors (Lipinski definition) is 11. The molecule has 3 heterocycles. The van der Waals surface area contributed by atoms with Gasteiger partial charge in [-0.15, -0.1) is 49.3 Å². The zero-order chi connectivity index (χ0) is 74.7. The van der Waals surface area contributed by atoms with Crippen molar-refractivity contribution >= 4 is 178 Å². The molecule has 10 aromatic rings. The predicted molar refractivity (Wildman–Crippen MR) is 438 cm³/mol. The maximum absolute atomic E-state index is 14.2. The van der Waals surface area contributed by atoms with Crippen LogP contribution < -0.4 is 5.73 Å². The topological polar surface area (TPSA) is 155 Å². The van der Waals surface area contributed by atoms with Crippen molar-refractivity contribution in [2.24, 2.45) is 0 Å². The van der Waals surface area contributed by atoms with Gasteiger partial charge in [-0.1, -0.05) is 174 Å². The number of para-hydroxylation sites is 1. The van der Waals surface area contributed by atoms with Crippen molar-refractivity contribution in [1.82, 2.24) is 0 Å². The summed E-state index contributed by atoms with van der Waals surface area (Å²) in [7, 11) is -11.7. The monoisotopic (exact) mass is 1860 g/mol. The molecule has 3 atom stereocenters. The van der Waals surface area contributed by atoms with Crippen molar-refractivity contribution in [2.45, 2.75) is 136 Å². The molecule has 3 unspecified atom stereocenters. The molecule has 0 aliphatic heterocycles. The van der Waals surface area contributed by atoms with Gasteiger partial charge in [-0.25, -0.2) is 26.3 Å². The van der Waals surface area contributed by atoms with E-state index in [1.807, 2.05) is 117 Å². The van der Waals surface area contributed by atoms with E-state index in [-0.39, 0.29) is 39.9 Å². The molecule has 0 amide bonds. The number of benzene rings is 7. The number of unbranched alkanes of at least 4 members (excludes halogenated alkanes) is 3. The SMILES string of the molecule is C.CCCCBr.CCCCOP(=O)(OCCCC)C(Cc1ccc(F)c(F)c1)c1sc2ccccc2c1Br.CCOP(=O)(OCC)C(Cc1ccc(F)c(F)c1)c1sc2ccccc2c1Br.C[Si](C)(C)Br.Nc1ccccc1.O=P(O)(O)C(Cc1ccc(F)c(F)c1)c1sc2ccccc2c1Br. The first kappa shape index (κ1) is 91.3. The summed E-state index contributed by atoms with van der Waals surface area (Å²) >= 11 is 21.8. The number of rotatable bonds is 26. The Morgan fingerprint density at radius 1 is 0.451 bits per heavy atom. The second-order valence-corrected chi connectivity index (χ2v) is 47.6. The van der Waals surface area contributed by atoms with E-state index in [9.17, 15) is 49.8 Å². The molecule has 0 saturated heterocycles. The lowest BCUT2D eigenvalue weighted by Gasteiger charge is -2.27. The summed E-state index contributed by atoms with van der Waals surface area (Å²) in [6, 6.07) is 43.4. The van der Waals surface area contributed by atoms with Gasteiger partial charge in [-0.05, 0) is 184 Å². The van der Waals surface area contributed by atoms with Crippen LogP contribution in [0.15, 0.2) is 171 Å². The minimum atomic E-state index is -4.51. The molecule has 7 aromatic carbocycles. The van der Waals surface area contributed by atoms with Crippen molar-refractivity contribution in [1.29, 1.82) is 0 Å². The van der Waals surface area contributed by atoms with Gasteiger partial charge < -0.3 is 33.6 Å². The van der Waals surface area contributed by atoms with Crippen LogP contribution in [-0.4, -0.2) is 48.2 Å². The highest BCUT2D eigenvalue weighted by molar-refractivity contribution is 9.26. The molecule has 4 N–H and O–H groups in total. The molecule has 10 nitrogen and oxygen atoms in total. The van der Waals surface area contributed by atoms with E-state index in [2.05, 4.69) is 106 Å². The molecule has 10 rings (SSSR count). The number of alkyl halides is 1. The number of nitrogen functional groups attached to an aromatic ring is 1. The molecule has 0 aliphatic rings. The van der Waals surface area contributed by atoms with Gasteiger partial charge in [-0.2, -0.15) is 0 Å². The third-order valence-electron chi connectivity index (χ3n) is 14.4. The summed E-state index contributed by atoms with van der Waals surface area (Å²) in [5.41, 5.74) is 5.14. The van der Waals surface area contributed by atoms with Crippen LogP contribution in [0.3, 0.4) is 0 Å². The normalized spacial score (nSPS) is 12.4. The Morgan fingerprint density at radius 3 is 1.00 bits per heavy atom. The van der Waals surface area contributed by atoms with Gasteiger partial charge in [0.25, 0.3) is 0 Å². The Hall–Kier alpha value is -3.13. The summed E-state index contributed by atoms with van der Waals surface area (Å²) in [5, 5.41) is 4.03. The van der Waals surface area contributed by atoms with Crippen molar-refractivity contribution in [2.75, 3.05) is 37.5 Å². The molecule has 558 valence electrons. The highest BCUT2D eigenvalue weighted by atomic mass is 79.9. The van der Waals surface area contributed by atoms with Crippen LogP contribution in [0.1, 0.15) is 129 Å². The maximum atomic E-state index is 14.2. The number of hydrogen-bond donors (Lipinski definition) is 3. The zero-order valence-electron chi connectivity index (χ0n) is 57.2. The lowest BCUT2D eigenvalue weighted by Crippen LogP contribution is -2.11. The standard InChI is InChI=1S/C24H28BrF2O3PS.C20H20BrF2O3PS.C16H12BrF2O3PS.C6H7N.C4H9Br.C3H9BrSi.CH4/c1-3-5-13-29-31(28,30-14-6-4-2)21(16-17-11-12-19(26)20(27)15-17)24-23(25)18-9-7-8-10-22(18)32-24;1-3-25-27(24,26-4-2)17(12-13-9-10-15(22)16(23)11-13)20-19(21)14-7-5-6-8-18(14)28-20;17-15-10-3-1-2-4-14(10)24-16(15)13(23(20,21)22)8-9-5-6-11(18)12(19)7-9;7-6-4-2-1-3-5-6;1-2-3-4-5;1-5(2,3)4;/h7-12,15,21H,3-6,13-14,16H2,1-2H3;5-11,17H,3-4,12H2,1-2H3;1-7,13H,8H2,(H2,20,21,22);1-5H,7H2;2-4H2,1H3;1-3H3;1H4. The highest BCUT2D eigenvalue weighted by Crippen LogP contribution is 2.66. The predicted octanol–water partition coefficient (Wildman–Crippen LogP) is 28.3. The van der Waals surface area contributed by atoms with Gasteiger partial charge in [0, 0.05) is 69.3 Å². The molecule has 0 bridgehead atoms. The Bertz CT molecular complexity index is 4330. The van der Waals surface area contributed by atoms with E-state index >= 15 is 0 Å². The van der Waals surface area contributed by atoms with E-state index in [0.717, 1.165) is 122 Å². The van der Waals surface area contributed by atoms with Crippen LogP contribution in [-0.2, 0) is 51.1 Å². The van der Waals surface area contributed by atoms with Crippen molar-refractivity contribution in [3.8, 4) is 0 Å². The van der Waals surface area contributed by atoms with Gasteiger partial charge >= 0.3 is 22.8 Å². The Morgan fingerprint density at radius 2 is 0.745 bits per heavy atom. The van der Waals surface area contributed by atoms with E-state index in [1.54, 1.807) is 13.8 Å². The number of anilines is 1. The highest BCUT2D eigenvalue weighted by Gasteiger charge is 2.42. The first-order valence-electron chi connectivity index (χ1n) is 32.6. The van der Waals surface area contributed by atoms with Gasteiger partial charge in [0.05, 0.1) is 26.4 Å². The number of halogens is 11. The van der Waals surface area contributed by atoms with Gasteiger partial charge in [0.2, 0.25) is 0 Å². The summed E-state index contributed by atoms with van der Waals surface area (Å²) < 4.78 is 149. The number of nitrogens with two attached hydrogens (primary N) is 1. The molecule has 3 aromatic heterocycles. The van der Waals surface area contributed by atoms with Crippen LogP contribution in [0.25, 0.3) is 30.3 Å². The van der Waals surface area contributed by atoms with Crippen LogP contribution in [0.5, 0.6) is 0 Å². The van der Waals surface area contributed by atoms with Crippen molar-refractivity contribution in [3.63, 3.8) is 0 Å². The van der Waals surface area contributed by atoms with Crippen LogP contribution >= 0.6 is 136 Å². The molecule has 28 heteroatoms. The largest absolute Gasteiger partial charge is 0.399 e. The molecule has 0 spiro atoms. The van der Waals surface area contributed by atoms with Gasteiger partial charge in [0.1, 0.15) is 23.7 Å². The third kappa shape index (κ3) is 28.5. The number of fused-ring (bicyclic) bond motifs is 3. The molecule has 0 fully saturated rings. The lowest BCUT2D eigenvalue weighted by atomic mass is 10.1. The zero-order valence-corrected chi connectivity index (χ0v) is 71.3. The quantitative estimate of drug-likeness (QED) is 0.00908. The molecular formula is C74H89Br5F6NO9P3S3Si. The molecule has 102 heavy (non-hydrogen) atoms. The Kier molecular flexibility index (Phi) is 40.3. The Labute approximate surface area is 651 Å². The van der Waals surface area contributed by atoms with E-state index in [1.165, 1.54) is 65.1 Å². The second kappa shape index (κ2) is 45.0. The lowest BCUT2D eigenvalue weighted by molar-refractivity contribution is 0.192. The van der Waals surface area contributed by atoms with Crippen LogP contribution in [0, 0.1) is 34.9 Å². The van der Waals surface area contributed by atoms with Crippen molar-refractivity contribution < 1.29 is 67.9 Å². The molecule has 0 radical (unpaired) electrons. The van der Waals surface area contributed by atoms with E-state index < -0.39 is 81.4 Å². The van der Waals surface area contributed by atoms with Crippen LogP contribution in [0.2, 0.25) is 19.6 Å². The van der Waals surface area contributed by atoms with Crippen molar-refractivity contribution in [3.05, 3.63) is 237 Å². The summed E-state index contributed by atoms with van der Waals surface area (Å²) in [6.07, 6.45) is 6.22. The maximum Gasteiger partial charge on any atom is 0.339 e. The molecular weight excluding hydrogens is 1780 g/mol. The Balaban J connectivity index is 0.000000290. The fraction of sp³-hybridized carbons (Fsp3) is 0.351. The minimum Gasteiger partial charge on any atom is -0.399 e. The average molecular weight is 1870 g/mol.